The lowest BCUT2D eigenvalue weighted by Gasteiger charge is -2.15. The number of aromatic nitrogens is 2. The molecule has 0 N–H and O–H groups in total. The van der Waals surface area contributed by atoms with Gasteiger partial charge >= 0.3 is 0 Å². The monoisotopic (exact) mass is 266 g/mol. The first-order valence-electron chi connectivity index (χ1n) is 7.50. The lowest BCUT2D eigenvalue weighted by molar-refractivity contribution is -0.124. The molecule has 0 amide bonds. The fourth-order valence-electron chi connectivity index (χ4n) is 2.09. The standard InChI is InChI=1S/C15H26N2O2/c1-5-8-9-10-12(14(18)11(4)6-2)15-16-13(7-3)19-17-15/h11-12H,5-10H2,1-4H3. The maximum absolute atomic E-state index is 12.4. The van der Waals surface area contributed by atoms with Crippen molar-refractivity contribution >= 4 is 5.78 Å². The molecule has 0 aromatic carbocycles. The van der Waals surface area contributed by atoms with Crippen LogP contribution in [0, 0.1) is 5.92 Å². The number of aryl methyl sites for hydroxylation is 1. The molecule has 1 aromatic heterocycles. The van der Waals surface area contributed by atoms with Gasteiger partial charge < -0.3 is 4.52 Å². The van der Waals surface area contributed by atoms with E-state index in [9.17, 15) is 4.79 Å². The van der Waals surface area contributed by atoms with E-state index < -0.39 is 0 Å². The summed E-state index contributed by atoms with van der Waals surface area (Å²) < 4.78 is 5.15. The third-order valence-electron chi connectivity index (χ3n) is 3.64. The van der Waals surface area contributed by atoms with Crippen molar-refractivity contribution in [3.63, 3.8) is 0 Å². The minimum absolute atomic E-state index is 0.0650. The molecule has 4 nitrogen and oxygen atoms in total. The van der Waals surface area contributed by atoms with Crippen molar-refractivity contribution in [1.29, 1.82) is 0 Å². The van der Waals surface area contributed by atoms with Gasteiger partial charge in [-0.15, -0.1) is 0 Å². The summed E-state index contributed by atoms with van der Waals surface area (Å²) in [4.78, 5) is 16.8. The Bertz CT molecular complexity index is 387. The molecule has 2 atom stereocenters. The Labute approximate surface area is 116 Å². The van der Waals surface area contributed by atoms with E-state index in [4.69, 9.17) is 4.52 Å². The maximum atomic E-state index is 12.4. The number of hydrogen-bond donors (Lipinski definition) is 0. The molecular formula is C15H26N2O2. The average Bonchev–Trinajstić information content (AvgIpc) is 2.90. The quantitative estimate of drug-likeness (QED) is 0.636. The normalized spacial score (nSPS) is 14.3. The van der Waals surface area contributed by atoms with Crippen LogP contribution in [0.1, 0.15) is 77.4 Å². The van der Waals surface area contributed by atoms with Crippen LogP contribution in [0.3, 0.4) is 0 Å². The highest BCUT2D eigenvalue weighted by atomic mass is 16.5. The molecule has 108 valence electrons. The van der Waals surface area contributed by atoms with Crippen LogP contribution in [0.5, 0.6) is 0 Å². The molecule has 0 radical (unpaired) electrons. The lowest BCUT2D eigenvalue weighted by Crippen LogP contribution is -2.21. The topological polar surface area (TPSA) is 56.0 Å². The number of unbranched alkanes of at least 4 members (excludes halogenated alkanes) is 2. The molecule has 0 aliphatic rings. The van der Waals surface area contributed by atoms with Gasteiger partial charge in [-0.3, -0.25) is 4.79 Å². The molecule has 0 saturated heterocycles. The van der Waals surface area contributed by atoms with Crippen LogP contribution >= 0.6 is 0 Å². The Morgan fingerprint density at radius 3 is 2.53 bits per heavy atom. The summed E-state index contributed by atoms with van der Waals surface area (Å²) in [6, 6.07) is 0. The molecule has 2 unspecified atom stereocenters. The number of carbonyl (C=O) groups excluding carboxylic acids is 1. The zero-order valence-electron chi connectivity index (χ0n) is 12.6. The van der Waals surface area contributed by atoms with Crippen molar-refractivity contribution in [2.24, 2.45) is 5.92 Å². The van der Waals surface area contributed by atoms with Crippen LogP contribution in [0.2, 0.25) is 0 Å². The van der Waals surface area contributed by atoms with E-state index in [1.807, 2.05) is 20.8 Å². The Morgan fingerprint density at radius 2 is 2.00 bits per heavy atom. The molecule has 19 heavy (non-hydrogen) atoms. The van der Waals surface area contributed by atoms with E-state index in [0.717, 1.165) is 32.1 Å². The first kappa shape index (κ1) is 15.9. The molecule has 0 fully saturated rings. The van der Waals surface area contributed by atoms with E-state index in [2.05, 4.69) is 17.1 Å². The van der Waals surface area contributed by atoms with Crippen molar-refractivity contribution in [2.75, 3.05) is 0 Å². The number of ketones is 1. The van der Waals surface area contributed by atoms with Crippen molar-refractivity contribution < 1.29 is 9.32 Å². The third-order valence-corrected chi connectivity index (χ3v) is 3.64. The second-order valence-corrected chi connectivity index (χ2v) is 5.16. The zero-order valence-corrected chi connectivity index (χ0v) is 12.6. The summed E-state index contributed by atoms with van der Waals surface area (Å²) in [7, 11) is 0. The molecule has 1 heterocycles. The van der Waals surface area contributed by atoms with E-state index in [1.165, 1.54) is 0 Å². The minimum atomic E-state index is -0.189. The van der Waals surface area contributed by atoms with Crippen LogP contribution in [0.15, 0.2) is 4.52 Å². The number of rotatable bonds is 9. The molecule has 1 aromatic rings. The van der Waals surface area contributed by atoms with Crippen LogP contribution in [-0.4, -0.2) is 15.9 Å². The molecule has 0 bridgehead atoms. The number of nitrogens with zero attached hydrogens (tertiary/aromatic N) is 2. The first-order chi connectivity index (χ1) is 9.13. The van der Waals surface area contributed by atoms with Gasteiger partial charge in [0.1, 0.15) is 5.78 Å². The predicted octanol–water partition coefficient (Wildman–Crippen LogP) is 3.91. The van der Waals surface area contributed by atoms with E-state index in [-0.39, 0.29) is 17.6 Å². The SMILES string of the molecule is CCCCCC(C(=O)C(C)CC)c1noc(CC)n1. The van der Waals surface area contributed by atoms with Crippen molar-refractivity contribution in [3.05, 3.63) is 11.7 Å². The van der Waals surface area contributed by atoms with Gasteiger partial charge in [0.25, 0.3) is 0 Å². The highest BCUT2D eigenvalue weighted by Crippen LogP contribution is 2.25. The van der Waals surface area contributed by atoms with Crippen LogP contribution in [0.25, 0.3) is 0 Å². The molecule has 0 aliphatic heterocycles. The second kappa shape index (κ2) is 8.08. The van der Waals surface area contributed by atoms with Crippen molar-refractivity contribution in [1.82, 2.24) is 10.1 Å². The summed E-state index contributed by atoms with van der Waals surface area (Å²) >= 11 is 0. The van der Waals surface area contributed by atoms with Gasteiger partial charge in [-0.1, -0.05) is 52.1 Å². The predicted molar refractivity (Wildman–Crippen MR) is 75.0 cm³/mol. The second-order valence-electron chi connectivity index (χ2n) is 5.16. The van der Waals surface area contributed by atoms with E-state index in [0.29, 0.717) is 18.1 Å². The Balaban J connectivity index is 2.81. The van der Waals surface area contributed by atoms with E-state index >= 15 is 0 Å². The summed E-state index contributed by atoms with van der Waals surface area (Å²) in [6.07, 6.45) is 5.74. The van der Waals surface area contributed by atoms with Gasteiger partial charge in [-0.2, -0.15) is 4.98 Å². The molecule has 0 saturated carbocycles. The number of carbonyl (C=O) groups is 1. The van der Waals surface area contributed by atoms with Gasteiger partial charge in [0.2, 0.25) is 5.89 Å². The third kappa shape index (κ3) is 4.44. The summed E-state index contributed by atoms with van der Waals surface area (Å²) in [6.45, 7) is 8.16. The van der Waals surface area contributed by atoms with Crippen molar-refractivity contribution in [2.45, 2.75) is 72.1 Å². The molecule has 0 spiro atoms. The Morgan fingerprint density at radius 1 is 1.26 bits per heavy atom. The van der Waals surface area contributed by atoms with Crippen LogP contribution in [-0.2, 0) is 11.2 Å². The maximum Gasteiger partial charge on any atom is 0.226 e. The molecule has 1 rings (SSSR count). The van der Waals surface area contributed by atoms with Crippen LogP contribution in [0.4, 0.5) is 0 Å². The van der Waals surface area contributed by atoms with Gasteiger partial charge in [-0.05, 0) is 12.8 Å². The minimum Gasteiger partial charge on any atom is -0.339 e. The molecular weight excluding hydrogens is 240 g/mol. The lowest BCUT2D eigenvalue weighted by atomic mass is 9.88. The largest absolute Gasteiger partial charge is 0.339 e. The van der Waals surface area contributed by atoms with Crippen molar-refractivity contribution in [3.8, 4) is 0 Å². The fraction of sp³-hybridized carbons (Fsp3) is 0.800. The molecule has 4 heteroatoms. The van der Waals surface area contributed by atoms with E-state index in [1.54, 1.807) is 0 Å². The number of Topliss-reactive ketones (excluding diaryl/α,β-unsaturated/α-hetero) is 1. The van der Waals surface area contributed by atoms with Crippen LogP contribution < -0.4 is 0 Å². The first-order valence-corrected chi connectivity index (χ1v) is 7.50. The van der Waals surface area contributed by atoms with Gasteiger partial charge in [0.15, 0.2) is 5.82 Å². The smallest absolute Gasteiger partial charge is 0.226 e. The van der Waals surface area contributed by atoms with Gasteiger partial charge in [-0.25, -0.2) is 0 Å². The summed E-state index contributed by atoms with van der Waals surface area (Å²) in [5.74, 6) is 1.33. The van der Waals surface area contributed by atoms with Gasteiger partial charge in [0.05, 0.1) is 5.92 Å². The summed E-state index contributed by atoms with van der Waals surface area (Å²) in [5.41, 5.74) is 0. The number of hydrogen-bond acceptors (Lipinski definition) is 4. The highest BCUT2D eigenvalue weighted by molar-refractivity contribution is 5.86. The highest BCUT2D eigenvalue weighted by Gasteiger charge is 2.28. The fourth-order valence-corrected chi connectivity index (χ4v) is 2.09. The Hall–Kier alpha value is -1.19. The van der Waals surface area contributed by atoms with Gasteiger partial charge in [0, 0.05) is 12.3 Å². The Kier molecular flexibility index (Phi) is 6.74. The average molecular weight is 266 g/mol. The molecule has 0 aliphatic carbocycles. The summed E-state index contributed by atoms with van der Waals surface area (Å²) in [5, 5.41) is 4.00. The zero-order chi connectivity index (χ0) is 14.3.